The third kappa shape index (κ3) is 17.8. The highest BCUT2D eigenvalue weighted by Crippen LogP contribution is 2.26. The number of hydrogen-bond acceptors (Lipinski definition) is 10. The van der Waals surface area contributed by atoms with Gasteiger partial charge in [0.1, 0.15) is 35.1 Å². The van der Waals surface area contributed by atoms with Crippen molar-refractivity contribution in [2.45, 2.75) is 129 Å². The molecule has 0 bridgehead atoms. The highest BCUT2D eigenvalue weighted by molar-refractivity contribution is 7.84. The Hall–Kier alpha value is -4.79. The first kappa shape index (κ1) is 47.6. The van der Waals surface area contributed by atoms with Gasteiger partial charge >= 0.3 is 18.0 Å². The predicted octanol–water partition coefficient (Wildman–Crippen LogP) is 4.78. The average Bonchev–Trinajstić information content (AvgIpc) is 3.14. The van der Waals surface area contributed by atoms with E-state index in [0.29, 0.717) is 11.3 Å². The molecule has 2 aromatic carbocycles. The summed E-state index contributed by atoms with van der Waals surface area (Å²) in [7, 11) is 0.185. The summed E-state index contributed by atoms with van der Waals surface area (Å²) >= 11 is 0. The van der Waals surface area contributed by atoms with Crippen LogP contribution in [-0.2, 0) is 57.1 Å². The van der Waals surface area contributed by atoms with Crippen molar-refractivity contribution in [2.24, 2.45) is 5.92 Å². The molecule has 0 aliphatic heterocycles. The van der Waals surface area contributed by atoms with Gasteiger partial charge in [0, 0.05) is 49.2 Å². The molecule has 4 atom stereocenters. The summed E-state index contributed by atoms with van der Waals surface area (Å²) in [5.41, 5.74) is -0.189. The van der Waals surface area contributed by atoms with E-state index in [-0.39, 0.29) is 49.9 Å². The number of amides is 4. The Morgan fingerprint density at radius 2 is 1.29 bits per heavy atom. The molecule has 0 saturated heterocycles. The van der Waals surface area contributed by atoms with Gasteiger partial charge in [0.25, 0.3) is 0 Å². The van der Waals surface area contributed by atoms with Crippen LogP contribution in [0, 0.1) is 5.92 Å². The Bertz CT molecular complexity index is 1720. The van der Waals surface area contributed by atoms with Crippen molar-refractivity contribution in [2.75, 3.05) is 25.6 Å². The predicted molar refractivity (Wildman–Crippen MR) is 221 cm³/mol. The van der Waals surface area contributed by atoms with E-state index in [1.54, 1.807) is 77.9 Å². The number of carbonyl (C=O) groups is 6. The number of carbonyl (C=O) groups excluding carboxylic acids is 6. The molecule has 4 amide bonds. The number of hydrogen-bond donors (Lipinski definition) is 3. The SMILES string of the molecule is CN(CCC(=O)OC(C)(C)C)C(=O)[C@H](Cc1ccccc1)NC(=O)[C@@H](CCS(C)=O)NC(=O)[C@H](Cc1ccc(OC(=O)C2CCCCC2)cc1)NC(=O)OC(C)(C)C. The molecule has 58 heavy (non-hydrogen) atoms. The largest absolute Gasteiger partial charge is 0.460 e. The Kier molecular flexibility index (Phi) is 18.4. The van der Waals surface area contributed by atoms with Gasteiger partial charge in [-0.05, 0) is 84.1 Å². The summed E-state index contributed by atoms with van der Waals surface area (Å²) in [5, 5.41) is 8.13. The Morgan fingerprint density at radius 3 is 1.88 bits per heavy atom. The number of nitrogens with zero attached hydrogens (tertiary/aromatic N) is 1. The second kappa shape index (κ2) is 22.4. The van der Waals surface area contributed by atoms with Gasteiger partial charge in [-0.1, -0.05) is 61.7 Å². The van der Waals surface area contributed by atoms with Crippen LogP contribution in [0.4, 0.5) is 4.79 Å². The fourth-order valence-corrected chi connectivity index (χ4v) is 6.87. The Balaban J connectivity index is 1.82. The minimum atomic E-state index is -1.34. The van der Waals surface area contributed by atoms with Gasteiger partial charge in [-0.2, -0.15) is 0 Å². The molecular formula is C43H62N4O10S. The quantitative estimate of drug-likeness (QED) is 0.140. The maximum absolute atomic E-state index is 14.0. The fraction of sp³-hybridized carbons (Fsp3) is 0.581. The van der Waals surface area contributed by atoms with Gasteiger partial charge in [-0.3, -0.25) is 28.2 Å². The minimum absolute atomic E-state index is 0.0203. The molecule has 15 heteroatoms. The second-order valence-electron chi connectivity index (χ2n) is 16.8. The van der Waals surface area contributed by atoms with Crippen molar-refractivity contribution in [3.05, 3.63) is 65.7 Å². The molecule has 1 saturated carbocycles. The zero-order chi connectivity index (χ0) is 43.0. The molecule has 2 aromatic rings. The van der Waals surface area contributed by atoms with E-state index in [9.17, 15) is 33.0 Å². The lowest BCUT2D eigenvalue weighted by Gasteiger charge is -2.28. The van der Waals surface area contributed by atoms with Crippen LogP contribution in [0.1, 0.15) is 97.6 Å². The normalized spacial score (nSPS) is 15.4. The van der Waals surface area contributed by atoms with Crippen molar-refractivity contribution < 1.29 is 47.2 Å². The van der Waals surface area contributed by atoms with E-state index >= 15 is 0 Å². The highest BCUT2D eigenvalue weighted by Gasteiger charge is 2.32. The first-order valence-electron chi connectivity index (χ1n) is 19.9. The number of rotatable bonds is 18. The third-order valence-electron chi connectivity index (χ3n) is 9.20. The van der Waals surface area contributed by atoms with E-state index in [2.05, 4.69) is 16.0 Å². The maximum atomic E-state index is 14.0. The van der Waals surface area contributed by atoms with Gasteiger partial charge in [0.15, 0.2) is 0 Å². The van der Waals surface area contributed by atoms with Gasteiger partial charge in [0.05, 0.1) is 12.3 Å². The summed E-state index contributed by atoms with van der Waals surface area (Å²) in [4.78, 5) is 81.4. The van der Waals surface area contributed by atoms with Gasteiger partial charge in [-0.15, -0.1) is 0 Å². The molecular weight excluding hydrogens is 765 g/mol. The molecule has 1 aliphatic carbocycles. The van der Waals surface area contributed by atoms with Gasteiger partial charge in [0.2, 0.25) is 17.7 Å². The minimum Gasteiger partial charge on any atom is -0.460 e. The number of benzene rings is 2. The fourth-order valence-electron chi connectivity index (χ4n) is 6.30. The topological polar surface area (TPSA) is 187 Å². The molecule has 1 unspecified atom stereocenters. The average molecular weight is 827 g/mol. The monoisotopic (exact) mass is 826 g/mol. The molecule has 1 fully saturated rings. The van der Waals surface area contributed by atoms with Crippen LogP contribution in [0.15, 0.2) is 54.6 Å². The standard InChI is InChI=1S/C43H62N4O10S/c1-42(2,3)56-36(48)23-25-47(7)39(51)35(28-29-15-11-9-12-16-29)45-37(49)33(24-26-58(8)54)44-38(50)34(46-41(53)57-43(4,5)6)27-30-19-21-32(22-20-30)55-40(52)31-17-13-10-14-18-31/h9,11-12,15-16,19-22,31,33-35H,10,13-14,17-18,23-28H2,1-8H3,(H,44,50)(H,45,49)(H,46,53)/t33-,34+,35+,58?/m1/s1. The lowest BCUT2D eigenvalue weighted by molar-refractivity contribution is -0.155. The highest BCUT2D eigenvalue weighted by atomic mass is 32.2. The van der Waals surface area contributed by atoms with Crippen LogP contribution in [0.3, 0.4) is 0 Å². The summed E-state index contributed by atoms with van der Waals surface area (Å²) in [6.07, 6.45) is 5.30. The number of nitrogens with one attached hydrogen (secondary N) is 3. The molecule has 14 nitrogen and oxygen atoms in total. The van der Waals surface area contributed by atoms with E-state index in [0.717, 1.165) is 37.7 Å². The lowest BCUT2D eigenvalue weighted by Crippen LogP contribution is -2.58. The van der Waals surface area contributed by atoms with Crippen LogP contribution >= 0.6 is 0 Å². The lowest BCUT2D eigenvalue weighted by atomic mass is 9.89. The zero-order valence-electron chi connectivity index (χ0n) is 35.2. The first-order chi connectivity index (χ1) is 27.2. The molecule has 0 aromatic heterocycles. The van der Waals surface area contributed by atoms with Crippen molar-refractivity contribution in [3.8, 4) is 5.75 Å². The second-order valence-corrected chi connectivity index (χ2v) is 18.3. The van der Waals surface area contributed by atoms with Crippen LogP contribution < -0.4 is 20.7 Å². The maximum Gasteiger partial charge on any atom is 0.408 e. The van der Waals surface area contributed by atoms with Crippen LogP contribution in [0.25, 0.3) is 0 Å². The molecule has 320 valence electrons. The van der Waals surface area contributed by atoms with Crippen molar-refractivity contribution in [1.82, 2.24) is 20.9 Å². The summed E-state index contributed by atoms with van der Waals surface area (Å²) in [6, 6.07) is 12.1. The molecule has 1 aliphatic rings. The van der Waals surface area contributed by atoms with Crippen molar-refractivity contribution >= 4 is 46.6 Å². The number of esters is 2. The van der Waals surface area contributed by atoms with Crippen LogP contribution in [-0.4, -0.2) is 99.8 Å². The van der Waals surface area contributed by atoms with Crippen LogP contribution in [0.2, 0.25) is 0 Å². The Morgan fingerprint density at radius 1 is 0.741 bits per heavy atom. The Labute approximate surface area is 345 Å². The molecule has 0 spiro atoms. The smallest absolute Gasteiger partial charge is 0.408 e. The number of likely N-dealkylation sites (N-methyl/N-ethyl adjacent to an activating group) is 1. The zero-order valence-corrected chi connectivity index (χ0v) is 36.0. The summed E-state index contributed by atoms with van der Waals surface area (Å²) in [6.45, 7) is 10.3. The van der Waals surface area contributed by atoms with Gasteiger partial charge in [-0.25, -0.2) is 4.79 Å². The van der Waals surface area contributed by atoms with E-state index in [1.807, 2.05) is 18.2 Å². The summed E-state index contributed by atoms with van der Waals surface area (Å²) < 4.78 is 28.7. The molecule has 0 radical (unpaired) electrons. The van der Waals surface area contributed by atoms with E-state index < -0.39 is 69.9 Å². The first-order valence-corrected chi connectivity index (χ1v) is 21.6. The van der Waals surface area contributed by atoms with E-state index in [4.69, 9.17) is 14.2 Å². The number of alkyl carbamates (subject to hydrolysis) is 1. The summed E-state index contributed by atoms with van der Waals surface area (Å²) in [5.74, 6) is -2.36. The number of ether oxygens (including phenoxy) is 3. The van der Waals surface area contributed by atoms with Crippen molar-refractivity contribution in [1.29, 1.82) is 0 Å². The third-order valence-corrected chi connectivity index (χ3v) is 10.0. The molecule has 3 N–H and O–H groups in total. The van der Waals surface area contributed by atoms with Gasteiger partial charge < -0.3 is 35.1 Å². The van der Waals surface area contributed by atoms with Crippen molar-refractivity contribution in [3.63, 3.8) is 0 Å². The van der Waals surface area contributed by atoms with Crippen LogP contribution in [0.5, 0.6) is 5.75 Å². The van der Waals surface area contributed by atoms with E-state index in [1.165, 1.54) is 18.2 Å². The molecule has 3 rings (SSSR count). The molecule has 0 heterocycles.